The number of carbonyl (C=O) groups excluding carboxylic acids is 1. The third-order valence-corrected chi connectivity index (χ3v) is 5.55. The summed E-state index contributed by atoms with van der Waals surface area (Å²) < 4.78 is 4.76. The van der Waals surface area contributed by atoms with Crippen LogP contribution in [0.5, 0.6) is 0 Å². The van der Waals surface area contributed by atoms with Gasteiger partial charge >= 0.3 is 0 Å². The second-order valence-corrected chi connectivity index (χ2v) is 7.66. The van der Waals surface area contributed by atoms with Gasteiger partial charge in [-0.3, -0.25) is 4.79 Å². The maximum Gasteiger partial charge on any atom is 0.245 e. The molecule has 3 aromatic rings. The molecule has 1 unspecified atom stereocenters. The van der Waals surface area contributed by atoms with Crippen LogP contribution in [0.4, 0.5) is 11.6 Å². The predicted octanol–water partition coefficient (Wildman–Crippen LogP) is 1.99. The van der Waals surface area contributed by atoms with Crippen LogP contribution in [0, 0.1) is 5.92 Å². The van der Waals surface area contributed by atoms with E-state index in [9.17, 15) is 4.79 Å². The lowest BCUT2D eigenvalue weighted by Crippen LogP contribution is -2.30. The largest absolute Gasteiger partial charge is 0.362 e. The molecule has 1 N–H and O–H groups in total. The van der Waals surface area contributed by atoms with Crippen LogP contribution in [0.1, 0.15) is 18.2 Å². The fraction of sp³-hybridized carbons (Fsp3) is 0.471. The van der Waals surface area contributed by atoms with Gasteiger partial charge in [0.1, 0.15) is 0 Å². The van der Waals surface area contributed by atoms with Gasteiger partial charge in [-0.15, -0.1) is 11.3 Å². The number of amides is 1. The third kappa shape index (κ3) is 3.70. The maximum absolute atomic E-state index is 12.0. The van der Waals surface area contributed by atoms with Crippen molar-refractivity contribution in [1.29, 1.82) is 0 Å². The molecule has 0 saturated carbocycles. The smallest absolute Gasteiger partial charge is 0.245 e. The van der Waals surface area contributed by atoms with E-state index in [4.69, 9.17) is 4.63 Å². The summed E-state index contributed by atoms with van der Waals surface area (Å²) in [4.78, 5) is 26.2. The van der Waals surface area contributed by atoms with Gasteiger partial charge in [-0.1, -0.05) is 6.07 Å². The van der Waals surface area contributed by atoms with Crippen LogP contribution in [-0.2, 0) is 11.3 Å². The molecule has 3 aromatic heterocycles. The van der Waals surface area contributed by atoms with E-state index < -0.39 is 0 Å². The summed E-state index contributed by atoms with van der Waals surface area (Å²) >= 11 is 1.68. The quantitative estimate of drug-likeness (QED) is 0.657. The molecule has 142 valence electrons. The Morgan fingerprint density at radius 2 is 2.19 bits per heavy atom. The molecule has 1 saturated heterocycles. The zero-order chi connectivity index (χ0) is 18.8. The van der Waals surface area contributed by atoms with Gasteiger partial charge in [0.15, 0.2) is 11.6 Å². The number of fused-ring (bicyclic) bond motifs is 1. The number of anilines is 2. The van der Waals surface area contributed by atoms with Crippen molar-refractivity contribution in [2.24, 2.45) is 5.92 Å². The van der Waals surface area contributed by atoms with Crippen molar-refractivity contribution in [3.8, 4) is 0 Å². The normalized spacial score (nSPS) is 17.0. The van der Waals surface area contributed by atoms with E-state index in [1.165, 1.54) is 4.88 Å². The van der Waals surface area contributed by atoms with Gasteiger partial charge in [-0.25, -0.2) is 14.6 Å². The van der Waals surface area contributed by atoms with Crippen LogP contribution in [0.2, 0.25) is 0 Å². The Kier molecular flexibility index (Phi) is 4.88. The van der Waals surface area contributed by atoms with Crippen LogP contribution >= 0.6 is 11.3 Å². The Bertz CT molecular complexity index is 927. The van der Waals surface area contributed by atoms with E-state index in [-0.39, 0.29) is 11.8 Å². The summed E-state index contributed by atoms with van der Waals surface area (Å²) in [5.41, 5.74) is 0.741. The summed E-state index contributed by atoms with van der Waals surface area (Å²) in [6.45, 7) is 4.90. The van der Waals surface area contributed by atoms with Crippen LogP contribution in [0.15, 0.2) is 22.1 Å². The van der Waals surface area contributed by atoms with Crippen molar-refractivity contribution in [2.45, 2.75) is 19.9 Å². The van der Waals surface area contributed by atoms with E-state index in [0.717, 1.165) is 13.1 Å². The van der Waals surface area contributed by atoms with Gasteiger partial charge in [-0.2, -0.15) is 0 Å². The Hall–Kier alpha value is -2.75. The van der Waals surface area contributed by atoms with E-state index >= 15 is 0 Å². The van der Waals surface area contributed by atoms with E-state index in [2.05, 4.69) is 31.7 Å². The molecule has 1 fully saturated rings. The van der Waals surface area contributed by atoms with Crippen molar-refractivity contribution >= 4 is 40.2 Å². The summed E-state index contributed by atoms with van der Waals surface area (Å²) in [6.07, 6.45) is 0.567. The highest BCUT2D eigenvalue weighted by molar-refractivity contribution is 7.09. The average molecular weight is 387 g/mol. The minimum Gasteiger partial charge on any atom is -0.362 e. The van der Waals surface area contributed by atoms with Crippen molar-refractivity contribution in [3.05, 3.63) is 22.4 Å². The molecule has 1 amide bonds. The van der Waals surface area contributed by atoms with E-state index in [0.29, 0.717) is 42.4 Å². The fourth-order valence-electron chi connectivity index (χ4n) is 3.35. The number of likely N-dealkylation sites (tertiary alicyclic amines) is 1. The van der Waals surface area contributed by atoms with Crippen LogP contribution in [0.3, 0.4) is 0 Å². The standard InChI is InChI=1S/C17H21N7O2S/c1-3-24-10-11(7-13(24)25)9-23(2)17-16(18-8-12-5-4-6-27-12)19-14-15(20-17)22-26-21-14/h4-6,11H,3,7-10H2,1-2H3,(H,18,19,21). The molecule has 1 aliphatic heterocycles. The molecular weight excluding hydrogens is 366 g/mol. The van der Waals surface area contributed by atoms with Gasteiger partial charge in [0, 0.05) is 43.9 Å². The first-order valence-corrected chi connectivity index (χ1v) is 9.77. The Labute approximate surface area is 160 Å². The molecule has 27 heavy (non-hydrogen) atoms. The molecule has 0 bridgehead atoms. The number of aromatic nitrogens is 4. The molecule has 4 rings (SSSR count). The molecule has 10 heteroatoms. The number of nitrogens with zero attached hydrogens (tertiary/aromatic N) is 6. The van der Waals surface area contributed by atoms with Crippen LogP contribution in [-0.4, -0.2) is 57.8 Å². The topological polar surface area (TPSA) is 100 Å². The fourth-order valence-corrected chi connectivity index (χ4v) is 4.00. The van der Waals surface area contributed by atoms with Gasteiger partial charge < -0.3 is 15.1 Å². The lowest BCUT2D eigenvalue weighted by molar-refractivity contribution is -0.127. The first-order valence-electron chi connectivity index (χ1n) is 8.89. The highest BCUT2D eigenvalue weighted by Crippen LogP contribution is 2.26. The van der Waals surface area contributed by atoms with Crippen molar-refractivity contribution in [1.82, 2.24) is 25.2 Å². The highest BCUT2D eigenvalue weighted by Gasteiger charge is 2.30. The molecule has 0 spiro atoms. The highest BCUT2D eigenvalue weighted by atomic mass is 32.1. The maximum atomic E-state index is 12.0. The zero-order valence-electron chi connectivity index (χ0n) is 15.3. The van der Waals surface area contributed by atoms with Crippen molar-refractivity contribution < 1.29 is 9.42 Å². The summed E-state index contributed by atoms with van der Waals surface area (Å²) in [6, 6.07) is 4.08. The first kappa shape index (κ1) is 17.7. The molecule has 1 aliphatic rings. The monoisotopic (exact) mass is 387 g/mol. The second kappa shape index (κ2) is 7.47. The van der Waals surface area contributed by atoms with E-state index in [1.54, 1.807) is 11.3 Å². The van der Waals surface area contributed by atoms with Gasteiger partial charge in [0.05, 0.1) is 6.54 Å². The van der Waals surface area contributed by atoms with Crippen molar-refractivity contribution in [2.75, 3.05) is 36.9 Å². The van der Waals surface area contributed by atoms with E-state index in [1.807, 2.05) is 35.2 Å². The van der Waals surface area contributed by atoms with Gasteiger partial charge in [0.25, 0.3) is 0 Å². The number of carbonyl (C=O) groups is 1. The average Bonchev–Trinajstić information content (AvgIpc) is 3.39. The second-order valence-electron chi connectivity index (χ2n) is 6.62. The molecule has 4 heterocycles. The summed E-state index contributed by atoms with van der Waals surface area (Å²) in [5.74, 6) is 1.79. The zero-order valence-corrected chi connectivity index (χ0v) is 16.1. The molecule has 0 aliphatic carbocycles. The minimum absolute atomic E-state index is 0.217. The SMILES string of the molecule is CCN1CC(CN(C)c2nc3nonc3nc2NCc2cccs2)CC1=O. The number of hydrogen-bond donors (Lipinski definition) is 1. The number of nitrogens with one attached hydrogen (secondary N) is 1. The molecule has 0 radical (unpaired) electrons. The summed E-state index contributed by atoms with van der Waals surface area (Å²) in [5, 5.41) is 13.0. The van der Waals surface area contributed by atoms with Crippen molar-refractivity contribution in [3.63, 3.8) is 0 Å². The summed E-state index contributed by atoms with van der Waals surface area (Å²) in [7, 11) is 1.96. The van der Waals surface area contributed by atoms with Gasteiger partial charge in [-0.05, 0) is 28.7 Å². The lowest BCUT2D eigenvalue weighted by atomic mass is 10.1. The lowest BCUT2D eigenvalue weighted by Gasteiger charge is -2.23. The van der Waals surface area contributed by atoms with Crippen LogP contribution < -0.4 is 10.2 Å². The third-order valence-electron chi connectivity index (χ3n) is 4.68. The van der Waals surface area contributed by atoms with Crippen LogP contribution in [0.25, 0.3) is 11.3 Å². The minimum atomic E-state index is 0.217. The number of hydrogen-bond acceptors (Lipinski definition) is 9. The first-order chi connectivity index (χ1) is 13.1. The van der Waals surface area contributed by atoms with Gasteiger partial charge in [0.2, 0.25) is 17.2 Å². The molecular formula is C17H21N7O2S. The number of thiophene rings is 1. The molecule has 1 atom stereocenters. The Balaban J connectivity index is 1.55. The number of rotatable bonds is 7. The molecule has 0 aromatic carbocycles. The Morgan fingerprint density at radius 3 is 2.89 bits per heavy atom. The molecule has 9 nitrogen and oxygen atoms in total. The predicted molar refractivity (Wildman–Crippen MR) is 103 cm³/mol. The Morgan fingerprint density at radius 1 is 1.37 bits per heavy atom.